The van der Waals surface area contributed by atoms with Crippen LogP contribution in [0.3, 0.4) is 0 Å². The molecule has 1 unspecified atom stereocenters. The molecule has 1 fully saturated rings. The lowest BCUT2D eigenvalue weighted by atomic mass is 9.94. The minimum absolute atomic E-state index is 0.00110. The van der Waals surface area contributed by atoms with E-state index in [1.165, 1.54) is 0 Å². The topological polar surface area (TPSA) is 113 Å². The molecule has 6 heteroatoms. The van der Waals surface area contributed by atoms with Gasteiger partial charge in [0, 0.05) is 18.7 Å². The van der Waals surface area contributed by atoms with E-state index in [1.54, 1.807) is 12.1 Å². The van der Waals surface area contributed by atoms with Gasteiger partial charge >= 0.3 is 5.97 Å². The predicted octanol–water partition coefficient (Wildman–Crippen LogP) is 0.252. The molecule has 1 saturated carbocycles. The number of aliphatic carboxylic acids is 1. The molecule has 0 heterocycles. The first kappa shape index (κ1) is 14.3. The fourth-order valence-corrected chi connectivity index (χ4v) is 2.19. The number of aliphatic hydroxyl groups is 1. The van der Waals surface area contributed by atoms with Gasteiger partial charge in [-0.1, -0.05) is 12.1 Å². The zero-order chi connectivity index (χ0) is 14.8. The van der Waals surface area contributed by atoms with E-state index in [9.17, 15) is 9.59 Å². The molecule has 6 nitrogen and oxygen atoms in total. The van der Waals surface area contributed by atoms with Gasteiger partial charge in [0.2, 0.25) is 5.91 Å². The molecule has 0 saturated heterocycles. The van der Waals surface area contributed by atoms with Gasteiger partial charge < -0.3 is 21.3 Å². The summed E-state index contributed by atoms with van der Waals surface area (Å²) in [5, 5.41) is 20.4. The molecule has 0 aliphatic heterocycles. The number of amides is 1. The maximum absolute atomic E-state index is 12.2. The van der Waals surface area contributed by atoms with Gasteiger partial charge in [-0.15, -0.1) is 0 Å². The second-order valence-electron chi connectivity index (χ2n) is 5.10. The molecule has 1 atom stereocenters. The van der Waals surface area contributed by atoms with Gasteiger partial charge in [0.15, 0.2) is 6.10 Å². The van der Waals surface area contributed by atoms with Crippen molar-refractivity contribution in [1.29, 1.82) is 0 Å². The van der Waals surface area contributed by atoms with E-state index in [2.05, 4.69) is 5.32 Å². The Balaban J connectivity index is 1.92. The average Bonchev–Trinajstić information content (AvgIpc) is 3.20. The number of nitrogen functional groups attached to an aromatic ring is 1. The highest BCUT2D eigenvalue weighted by Crippen LogP contribution is 2.48. The van der Waals surface area contributed by atoms with E-state index in [1.807, 2.05) is 12.1 Å². The first-order valence-electron chi connectivity index (χ1n) is 6.51. The smallest absolute Gasteiger partial charge is 0.332 e. The Labute approximate surface area is 116 Å². The summed E-state index contributed by atoms with van der Waals surface area (Å²) in [6.45, 7) is 0.142. The Morgan fingerprint density at radius 2 is 1.90 bits per heavy atom. The molecule has 1 aromatic carbocycles. The SMILES string of the molecule is Nc1ccc(C2(C(=O)NCCC(O)C(=O)O)CC2)cc1. The van der Waals surface area contributed by atoms with Gasteiger partial charge in [0.05, 0.1) is 5.41 Å². The van der Waals surface area contributed by atoms with Crippen molar-refractivity contribution in [2.75, 3.05) is 12.3 Å². The molecular formula is C14H18N2O4. The largest absolute Gasteiger partial charge is 0.479 e. The van der Waals surface area contributed by atoms with Crippen LogP contribution in [-0.4, -0.2) is 34.7 Å². The fraction of sp³-hybridized carbons (Fsp3) is 0.429. The summed E-state index contributed by atoms with van der Waals surface area (Å²) in [4.78, 5) is 22.7. The molecule has 0 aromatic heterocycles. The molecule has 20 heavy (non-hydrogen) atoms. The van der Waals surface area contributed by atoms with Crippen molar-refractivity contribution in [3.05, 3.63) is 29.8 Å². The zero-order valence-electron chi connectivity index (χ0n) is 11.0. The highest BCUT2D eigenvalue weighted by molar-refractivity contribution is 5.91. The zero-order valence-corrected chi connectivity index (χ0v) is 11.0. The number of nitrogens with two attached hydrogens (primary N) is 1. The van der Waals surface area contributed by atoms with Gasteiger partial charge in [-0.25, -0.2) is 4.79 Å². The first-order valence-corrected chi connectivity index (χ1v) is 6.51. The summed E-state index contributed by atoms with van der Waals surface area (Å²) in [7, 11) is 0. The second-order valence-corrected chi connectivity index (χ2v) is 5.10. The molecule has 1 aliphatic carbocycles. The first-order chi connectivity index (χ1) is 9.45. The lowest BCUT2D eigenvalue weighted by molar-refractivity contribution is -0.147. The van der Waals surface area contributed by atoms with E-state index >= 15 is 0 Å². The minimum Gasteiger partial charge on any atom is -0.479 e. The number of carbonyl (C=O) groups is 2. The Kier molecular flexibility index (Phi) is 3.94. The normalized spacial score (nSPS) is 17.2. The van der Waals surface area contributed by atoms with Crippen molar-refractivity contribution in [1.82, 2.24) is 5.32 Å². The Hall–Kier alpha value is -2.08. The number of benzene rings is 1. The third-order valence-corrected chi connectivity index (χ3v) is 3.64. The number of carboxylic acid groups (broad SMARTS) is 1. The standard InChI is InChI=1S/C14H18N2O4/c15-10-3-1-9(2-4-10)14(6-7-14)13(20)16-8-5-11(17)12(18)19/h1-4,11,17H,5-8,15H2,(H,16,20)(H,18,19). The lowest BCUT2D eigenvalue weighted by Crippen LogP contribution is -2.37. The number of rotatable bonds is 6. The molecule has 1 aliphatic rings. The Morgan fingerprint density at radius 3 is 2.40 bits per heavy atom. The van der Waals surface area contributed by atoms with Crippen LogP contribution >= 0.6 is 0 Å². The third kappa shape index (κ3) is 2.91. The average molecular weight is 278 g/mol. The molecule has 108 valence electrons. The minimum atomic E-state index is -1.44. The van der Waals surface area contributed by atoms with Crippen molar-refractivity contribution in [2.24, 2.45) is 0 Å². The van der Waals surface area contributed by atoms with E-state index in [0.717, 1.165) is 18.4 Å². The van der Waals surface area contributed by atoms with Crippen molar-refractivity contribution in [2.45, 2.75) is 30.8 Å². The quantitative estimate of drug-likeness (QED) is 0.557. The number of anilines is 1. The van der Waals surface area contributed by atoms with Crippen LogP contribution < -0.4 is 11.1 Å². The number of hydrogen-bond donors (Lipinski definition) is 4. The summed E-state index contributed by atoms with van der Waals surface area (Å²) in [6, 6.07) is 7.20. The number of nitrogens with one attached hydrogen (secondary N) is 1. The third-order valence-electron chi connectivity index (χ3n) is 3.64. The van der Waals surface area contributed by atoms with Crippen molar-refractivity contribution in [3.63, 3.8) is 0 Å². The van der Waals surface area contributed by atoms with Crippen LogP contribution in [0.25, 0.3) is 0 Å². The summed E-state index contributed by atoms with van der Waals surface area (Å²) >= 11 is 0. The maximum Gasteiger partial charge on any atom is 0.332 e. The summed E-state index contributed by atoms with van der Waals surface area (Å²) in [5.41, 5.74) is 6.68. The van der Waals surface area contributed by atoms with E-state index < -0.39 is 17.5 Å². The van der Waals surface area contributed by atoms with Crippen molar-refractivity contribution < 1.29 is 19.8 Å². The van der Waals surface area contributed by atoms with Crippen LogP contribution in [0.4, 0.5) is 5.69 Å². The van der Waals surface area contributed by atoms with Gasteiger partial charge in [-0.2, -0.15) is 0 Å². The van der Waals surface area contributed by atoms with Crippen LogP contribution in [0.15, 0.2) is 24.3 Å². The summed E-state index contributed by atoms with van der Waals surface area (Å²) in [6.07, 6.45) is 0.0925. The number of carboxylic acids is 1. The Bertz CT molecular complexity index is 508. The Morgan fingerprint density at radius 1 is 1.30 bits per heavy atom. The van der Waals surface area contributed by atoms with E-state index in [0.29, 0.717) is 5.69 Å². The summed E-state index contributed by atoms with van der Waals surface area (Å²) in [5.74, 6) is -1.40. The van der Waals surface area contributed by atoms with Gasteiger partial charge in [-0.05, 0) is 30.5 Å². The molecule has 2 rings (SSSR count). The van der Waals surface area contributed by atoms with E-state index in [4.69, 9.17) is 15.9 Å². The molecule has 5 N–H and O–H groups in total. The second kappa shape index (κ2) is 5.50. The molecular weight excluding hydrogens is 260 g/mol. The predicted molar refractivity (Wildman–Crippen MR) is 73.0 cm³/mol. The van der Waals surface area contributed by atoms with Crippen molar-refractivity contribution in [3.8, 4) is 0 Å². The monoisotopic (exact) mass is 278 g/mol. The van der Waals surface area contributed by atoms with Crippen LogP contribution in [0.1, 0.15) is 24.8 Å². The molecule has 1 aromatic rings. The van der Waals surface area contributed by atoms with Crippen LogP contribution in [0, 0.1) is 0 Å². The highest BCUT2D eigenvalue weighted by Gasteiger charge is 2.50. The maximum atomic E-state index is 12.2. The van der Waals surface area contributed by atoms with Crippen LogP contribution in [0.5, 0.6) is 0 Å². The van der Waals surface area contributed by atoms with Gasteiger partial charge in [0.1, 0.15) is 0 Å². The molecule has 0 bridgehead atoms. The molecule has 0 spiro atoms. The number of aliphatic hydroxyl groups excluding tert-OH is 1. The fourth-order valence-electron chi connectivity index (χ4n) is 2.19. The van der Waals surface area contributed by atoms with E-state index in [-0.39, 0.29) is 18.9 Å². The number of hydrogen-bond acceptors (Lipinski definition) is 4. The lowest BCUT2D eigenvalue weighted by Gasteiger charge is -2.16. The number of carbonyl (C=O) groups excluding carboxylic acids is 1. The molecule has 1 amide bonds. The molecule has 0 radical (unpaired) electrons. The van der Waals surface area contributed by atoms with Crippen LogP contribution in [-0.2, 0) is 15.0 Å². The highest BCUT2D eigenvalue weighted by atomic mass is 16.4. The van der Waals surface area contributed by atoms with Gasteiger partial charge in [0.25, 0.3) is 0 Å². The van der Waals surface area contributed by atoms with Crippen LogP contribution in [0.2, 0.25) is 0 Å². The van der Waals surface area contributed by atoms with Crippen molar-refractivity contribution >= 4 is 17.6 Å². The van der Waals surface area contributed by atoms with Gasteiger partial charge in [-0.3, -0.25) is 4.79 Å². The summed E-state index contributed by atoms with van der Waals surface area (Å²) < 4.78 is 0.